The van der Waals surface area contributed by atoms with E-state index >= 15 is 0 Å². The van der Waals surface area contributed by atoms with E-state index in [1.165, 1.54) is 0 Å². The van der Waals surface area contributed by atoms with Gasteiger partial charge in [-0.3, -0.25) is 4.79 Å². The van der Waals surface area contributed by atoms with Crippen LogP contribution < -0.4 is 0 Å². The van der Waals surface area contributed by atoms with Gasteiger partial charge in [-0.15, -0.1) is 0 Å². The van der Waals surface area contributed by atoms with Crippen molar-refractivity contribution in [3.05, 3.63) is 0 Å². The summed E-state index contributed by atoms with van der Waals surface area (Å²) in [7, 11) is 0. The van der Waals surface area contributed by atoms with Gasteiger partial charge >= 0.3 is 0 Å². The molecule has 0 saturated carbocycles. The van der Waals surface area contributed by atoms with Gasteiger partial charge in [-0.1, -0.05) is 27.7 Å². The summed E-state index contributed by atoms with van der Waals surface area (Å²) >= 11 is 0. The summed E-state index contributed by atoms with van der Waals surface area (Å²) in [5.74, 6) is 1.37. The van der Waals surface area contributed by atoms with E-state index in [2.05, 4.69) is 27.7 Å². The van der Waals surface area contributed by atoms with Crippen LogP contribution in [0.3, 0.4) is 0 Å². The Bertz CT molecular complexity index is 242. The Morgan fingerprint density at radius 3 is 1.74 bits per heavy atom. The zero-order chi connectivity index (χ0) is 15.1. The molecule has 0 aromatic carbocycles. The highest BCUT2D eigenvalue weighted by Gasteiger charge is 2.18. The zero-order valence-electron chi connectivity index (χ0n) is 14.0. The fourth-order valence-corrected chi connectivity index (χ4v) is 1.56. The lowest BCUT2D eigenvalue weighted by Crippen LogP contribution is -2.38. The van der Waals surface area contributed by atoms with Gasteiger partial charge in [0, 0.05) is 13.1 Å². The van der Waals surface area contributed by atoms with Crippen LogP contribution in [0.2, 0.25) is 0 Å². The predicted molar refractivity (Wildman–Crippen MR) is 81.2 cm³/mol. The molecule has 1 amide bonds. The van der Waals surface area contributed by atoms with Crippen molar-refractivity contribution in [3.8, 4) is 0 Å². The van der Waals surface area contributed by atoms with E-state index in [-0.39, 0.29) is 18.1 Å². The van der Waals surface area contributed by atoms with Crippen LogP contribution in [0.1, 0.15) is 61.3 Å². The van der Waals surface area contributed by atoms with Crippen LogP contribution in [-0.2, 0) is 9.53 Å². The summed E-state index contributed by atoms with van der Waals surface area (Å²) < 4.78 is 5.59. The molecule has 0 rings (SSSR count). The largest absolute Gasteiger partial charge is 0.366 e. The molecule has 114 valence electrons. The van der Waals surface area contributed by atoms with Crippen LogP contribution in [0.15, 0.2) is 0 Å². The molecule has 0 aliphatic heterocycles. The molecule has 0 fully saturated rings. The fraction of sp³-hybridized carbons (Fsp3) is 0.938. The number of rotatable bonds is 8. The molecule has 0 bridgehead atoms. The first-order valence-electron chi connectivity index (χ1n) is 7.53. The van der Waals surface area contributed by atoms with Gasteiger partial charge in [0.2, 0.25) is 5.91 Å². The second-order valence-electron chi connectivity index (χ2n) is 7.15. The molecular formula is C16H33NO2. The first-order valence-corrected chi connectivity index (χ1v) is 7.53. The van der Waals surface area contributed by atoms with Crippen LogP contribution >= 0.6 is 0 Å². The summed E-state index contributed by atoms with van der Waals surface area (Å²) in [4.78, 5) is 14.2. The number of amides is 1. The fourth-order valence-electron chi connectivity index (χ4n) is 1.56. The Morgan fingerprint density at radius 2 is 1.42 bits per heavy atom. The van der Waals surface area contributed by atoms with Gasteiger partial charge in [0.1, 0.15) is 6.61 Å². The van der Waals surface area contributed by atoms with Gasteiger partial charge < -0.3 is 9.64 Å². The van der Waals surface area contributed by atoms with E-state index < -0.39 is 0 Å². The average molecular weight is 271 g/mol. The van der Waals surface area contributed by atoms with Gasteiger partial charge in [-0.2, -0.15) is 0 Å². The minimum absolute atomic E-state index is 0.122. The summed E-state index contributed by atoms with van der Waals surface area (Å²) in [6.45, 7) is 16.6. The number of hydrogen-bond donors (Lipinski definition) is 0. The van der Waals surface area contributed by atoms with E-state index in [0.717, 1.165) is 25.9 Å². The molecule has 0 radical (unpaired) electrons. The summed E-state index contributed by atoms with van der Waals surface area (Å²) in [5, 5.41) is 0. The van der Waals surface area contributed by atoms with Crippen molar-refractivity contribution in [2.75, 3.05) is 19.7 Å². The summed E-state index contributed by atoms with van der Waals surface area (Å²) in [6.07, 6.45) is 2.11. The normalized spacial score (nSPS) is 12.3. The third-order valence-corrected chi connectivity index (χ3v) is 2.93. The van der Waals surface area contributed by atoms with Crippen molar-refractivity contribution in [2.24, 2.45) is 11.8 Å². The van der Waals surface area contributed by atoms with E-state index in [1.54, 1.807) is 0 Å². The van der Waals surface area contributed by atoms with Crippen molar-refractivity contribution in [1.82, 2.24) is 4.90 Å². The number of nitrogens with zero attached hydrogens (tertiary/aromatic N) is 1. The van der Waals surface area contributed by atoms with Crippen LogP contribution in [-0.4, -0.2) is 36.1 Å². The van der Waals surface area contributed by atoms with Crippen LogP contribution in [0.4, 0.5) is 0 Å². The zero-order valence-corrected chi connectivity index (χ0v) is 14.0. The number of ether oxygens (including phenoxy) is 1. The van der Waals surface area contributed by atoms with Gasteiger partial charge in [0.05, 0.1) is 5.60 Å². The van der Waals surface area contributed by atoms with Crippen molar-refractivity contribution in [3.63, 3.8) is 0 Å². The first kappa shape index (κ1) is 18.4. The first-order chi connectivity index (χ1) is 8.61. The lowest BCUT2D eigenvalue weighted by atomic mass is 10.1. The number of carbonyl (C=O) groups excluding carboxylic acids is 1. The smallest absolute Gasteiger partial charge is 0.248 e. The van der Waals surface area contributed by atoms with Gasteiger partial charge in [0.25, 0.3) is 0 Å². The Balaban J connectivity index is 4.32. The minimum atomic E-state index is -0.253. The third kappa shape index (κ3) is 11.0. The molecule has 0 aliphatic carbocycles. The molecule has 19 heavy (non-hydrogen) atoms. The van der Waals surface area contributed by atoms with E-state index in [4.69, 9.17) is 4.74 Å². The Kier molecular flexibility index (Phi) is 8.31. The monoisotopic (exact) mass is 271 g/mol. The van der Waals surface area contributed by atoms with Gasteiger partial charge in [-0.05, 0) is 45.4 Å². The molecule has 0 aromatic rings. The lowest BCUT2D eigenvalue weighted by Gasteiger charge is -2.26. The van der Waals surface area contributed by atoms with Crippen molar-refractivity contribution in [1.29, 1.82) is 0 Å². The second kappa shape index (κ2) is 8.57. The molecule has 0 atom stereocenters. The molecule has 0 saturated heterocycles. The Morgan fingerprint density at radius 1 is 1.00 bits per heavy atom. The topological polar surface area (TPSA) is 29.5 Å². The second-order valence-corrected chi connectivity index (χ2v) is 7.15. The van der Waals surface area contributed by atoms with Crippen LogP contribution in [0, 0.1) is 11.8 Å². The van der Waals surface area contributed by atoms with Gasteiger partial charge in [0.15, 0.2) is 0 Å². The maximum Gasteiger partial charge on any atom is 0.248 e. The highest BCUT2D eigenvalue weighted by atomic mass is 16.5. The van der Waals surface area contributed by atoms with E-state index in [0.29, 0.717) is 11.8 Å². The molecule has 0 unspecified atom stereocenters. The van der Waals surface area contributed by atoms with Gasteiger partial charge in [-0.25, -0.2) is 0 Å². The molecule has 0 N–H and O–H groups in total. The maximum absolute atomic E-state index is 12.2. The molecule has 0 heterocycles. The molecule has 0 aliphatic rings. The molecular weight excluding hydrogens is 238 g/mol. The summed E-state index contributed by atoms with van der Waals surface area (Å²) in [6, 6.07) is 0. The Hall–Kier alpha value is -0.570. The molecule has 0 spiro atoms. The Labute approximate surface area is 119 Å². The van der Waals surface area contributed by atoms with Crippen molar-refractivity contribution < 1.29 is 9.53 Å². The van der Waals surface area contributed by atoms with Crippen LogP contribution in [0.25, 0.3) is 0 Å². The molecule has 3 heteroatoms. The predicted octanol–water partition coefficient (Wildman–Crippen LogP) is 3.72. The SMILES string of the molecule is CC(C)CCN(CCC(C)C)C(=O)COC(C)(C)C. The van der Waals surface area contributed by atoms with E-state index in [9.17, 15) is 4.79 Å². The highest BCUT2D eigenvalue weighted by molar-refractivity contribution is 5.77. The lowest BCUT2D eigenvalue weighted by molar-refractivity contribution is -0.141. The third-order valence-electron chi connectivity index (χ3n) is 2.93. The van der Waals surface area contributed by atoms with Crippen molar-refractivity contribution >= 4 is 5.91 Å². The average Bonchev–Trinajstić information content (AvgIpc) is 2.24. The van der Waals surface area contributed by atoms with Crippen LogP contribution in [0.5, 0.6) is 0 Å². The highest BCUT2D eigenvalue weighted by Crippen LogP contribution is 2.10. The summed E-state index contributed by atoms with van der Waals surface area (Å²) in [5.41, 5.74) is -0.253. The quantitative estimate of drug-likeness (QED) is 0.673. The van der Waals surface area contributed by atoms with E-state index in [1.807, 2.05) is 25.7 Å². The molecule has 3 nitrogen and oxygen atoms in total. The van der Waals surface area contributed by atoms with Crippen molar-refractivity contribution in [2.45, 2.75) is 66.9 Å². The standard InChI is InChI=1S/C16H33NO2/c1-13(2)8-10-17(11-9-14(3)4)15(18)12-19-16(5,6)7/h13-14H,8-12H2,1-7H3. The number of hydrogen-bond acceptors (Lipinski definition) is 2. The molecule has 0 aromatic heterocycles. The number of carbonyl (C=O) groups is 1. The maximum atomic E-state index is 12.2. The minimum Gasteiger partial charge on any atom is -0.366 e.